The van der Waals surface area contributed by atoms with Gasteiger partial charge in [0.25, 0.3) is 0 Å². The van der Waals surface area contributed by atoms with Gasteiger partial charge < -0.3 is 15.3 Å². The molecule has 0 aliphatic carbocycles. The molecule has 0 atom stereocenters. The lowest BCUT2D eigenvalue weighted by Gasteiger charge is -2.17. The molecule has 0 saturated carbocycles. The molecule has 0 spiro atoms. The summed E-state index contributed by atoms with van der Waals surface area (Å²) in [4.78, 5) is 7.11. The SMILES string of the molecule is Cc1ccc(O)c(-c2cc(-c3c(F)cccc3Cl)cc(NCCN3CCCC3)n2)c1. The Hall–Kier alpha value is -2.63. The number of halogens is 2. The van der Waals surface area contributed by atoms with Crippen molar-refractivity contribution in [1.29, 1.82) is 0 Å². The van der Waals surface area contributed by atoms with Crippen LogP contribution < -0.4 is 5.32 Å². The van der Waals surface area contributed by atoms with Gasteiger partial charge in [-0.05, 0) is 74.8 Å². The van der Waals surface area contributed by atoms with Gasteiger partial charge in [-0.15, -0.1) is 0 Å². The first-order valence-electron chi connectivity index (χ1n) is 10.2. The summed E-state index contributed by atoms with van der Waals surface area (Å²) in [5.41, 5.74) is 3.12. The van der Waals surface area contributed by atoms with Gasteiger partial charge in [-0.1, -0.05) is 29.3 Å². The van der Waals surface area contributed by atoms with Crippen LogP contribution in [0.25, 0.3) is 22.4 Å². The van der Waals surface area contributed by atoms with Gasteiger partial charge in [0.05, 0.1) is 10.7 Å². The molecule has 6 heteroatoms. The van der Waals surface area contributed by atoms with Gasteiger partial charge in [0, 0.05) is 24.2 Å². The minimum absolute atomic E-state index is 0.132. The third-order valence-electron chi connectivity index (χ3n) is 5.44. The minimum atomic E-state index is -0.392. The Morgan fingerprint density at radius 2 is 1.93 bits per heavy atom. The van der Waals surface area contributed by atoms with Crippen molar-refractivity contribution in [1.82, 2.24) is 9.88 Å². The normalized spacial score (nSPS) is 14.2. The number of rotatable bonds is 6. The highest BCUT2D eigenvalue weighted by Gasteiger charge is 2.16. The average Bonchev–Trinajstić information content (AvgIpc) is 3.23. The summed E-state index contributed by atoms with van der Waals surface area (Å²) in [5.74, 6) is 0.367. The molecule has 4 rings (SSSR count). The number of nitrogens with one attached hydrogen (secondary N) is 1. The first kappa shape index (κ1) is 20.6. The molecule has 0 amide bonds. The Morgan fingerprint density at radius 1 is 1.13 bits per heavy atom. The lowest BCUT2D eigenvalue weighted by molar-refractivity contribution is 0.352. The number of anilines is 1. The van der Waals surface area contributed by atoms with Crippen molar-refractivity contribution in [3.8, 4) is 28.1 Å². The van der Waals surface area contributed by atoms with E-state index in [2.05, 4.69) is 10.2 Å². The number of phenols is 1. The van der Waals surface area contributed by atoms with E-state index in [1.54, 1.807) is 24.3 Å². The highest BCUT2D eigenvalue weighted by molar-refractivity contribution is 6.33. The monoisotopic (exact) mass is 425 g/mol. The van der Waals surface area contributed by atoms with Crippen LogP contribution in [0.2, 0.25) is 5.02 Å². The van der Waals surface area contributed by atoms with Crippen molar-refractivity contribution in [2.24, 2.45) is 0 Å². The summed E-state index contributed by atoms with van der Waals surface area (Å²) in [5, 5.41) is 14.1. The summed E-state index contributed by atoms with van der Waals surface area (Å²) in [6.45, 7) is 5.87. The number of pyridine rings is 1. The maximum absolute atomic E-state index is 14.6. The van der Waals surface area contributed by atoms with Crippen molar-refractivity contribution >= 4 is 17.4 Å². The van der Waals surface area contributed by atoms with E-state index in [0.717, 1.165) is 31.7 Å². The molecular weight excluding hydrogens is 401 g/mol. The molecule has 1 aliphatic rings. The molecule has 3 aromatic rings. The predicted molar refractivity (Wildman–Crippen MR) is 121 cm³/mol. The molecule has 2 aromatic carbocycles. The Morgan fingerprint density at radius 3 is 2.70 bits per heavy atom. The van der Waals surface area contributed by atoms with Crippen LogP contribution in [-0.4, -0.2) is 41.2 Å². The largest absolute Gasteiger partial charge is 0.507 e. The second-order valence-corrected chi connectivity index (χ2v) is 8.13. The molecule has 0 unspecified atom stereocenters. The van der Waals surface area contributed by atoms with Crippen LogP contribution in [0.5, 0.6) is 5.75 Å². The molecular formula is C24H25ClFN3O. The summed E-state index contributed by atoms with van der Waals surface area (Å²) >= 11 is 6.32. The molecule has 0 bridgehead atoms. The third kappa shape index (κ3) is 4.58. The number of nitrogens with zero attached hydrogens (tertiary/aromatic N) is 2. The van der Waals surface area contributed by atoms with Crippen LogP contribution >= 0.6 is 11.6 Å². The van der Waals surface area contributed by atoms with Gasteiger partial charge in [-0.25, -0.2) is 9.37 Å². The van der Waals surface area contributed by atoms with Gasteiger partial charge in [0.1, 0.15) is 17.4 Å². The topological polar surface area (TPSA) is 48.4 Å². The first-order valence-corrected chi connectivity index (χ1v) is 10.6. The van der Waals surface area contributed by atoms with E-state index in [0.29, 0.717) is 33.2 Å². The van der Waals surface area contributed by atoms with Crippen LogP contribution in [0, 0.1) is 12.7 Å². The molecule has 156 valence electrons. The summed E-state index contributed by atoms with van der Waals surface area (Å²) in [6, 6.07) is 13.6. The third-order valence-corrected chi connectivity index (χ3v) is 5.75. The van der Waals surface area contributed by atoms with Crippen LogP contribution in [-0.2, 0) is 0 Å². The number of phenolic OH excluding ortho intramolecular Hbond substituents is 1. The van der Waals surface area contributed by atoms with Crippen LogP contribution in [0.4, 0.5) is 10.2 Å². The van der Waals surface area contributed by atoms with Crippen molar-refractivity contribution in [2.75, 3.05) is 31.5 Å². The minimum Gasteiger partial charge on any atom is -0.507 e. The molecule has 4 nitrogen and oxygen atoms in total. The molecule has 2 N–H and O–H groups in total. The van der Waals surface area contributed by atoms with Gasteiger partial charge in [-0.3, -0.25) is 0 Å². The van der Waals surface area contributed by atoms with E-state index < -0.39 is 5.82 Å². The zero-order chi connectivity index (χ0) is 21.1. The molecule has 1 fully saturated rings. The number of aryl methyl sites for hydroxylation is 1. The zero-order valence-corrected chi connectivity index (χ0v) is 17.7. The molecule has 1 saturated heterocycles. The van der Waals surface area contributed by atoms with Crippen molar-refractivity contribution in [3.05, 3.63) is 64.9 Å². The van der Waals surface area contributed by atoms with Gasteiger partial charge in [0.15, 0.2) is 0 Å². The highest BCUT2D eigenvalue weighted by Crippen LogP contribution is 2.36. The van der Waals surface area contributed by atoms with E-state index in [-0.39, 0.29) is 5.75 Å². The molecule has 1 aromatic heterocycles. The van der Waals surface area contributed by atoms with Crippen LogP contribution in [0.1, 0.15) is 18.4 Å². The number of benzene rings is 2. The van der Waals surface area contributed by atoms with E-state index in [9.17, 15) is 9.50 Å². The molecule has 30 heavy (non-hydrogen) atoms. The predicted octanol–water partition coefficient (Wildman–Crippen LogP) is 5.73. The Kier molecular flexibility index (Phi) is 6.21. The molecule has 1 aliphatic heterocycles. The van der Waals surface area contributed by atoms with E-state index in [1.165, 1.54) is 18.9 Å². The Bertz CT molecular complexity index is 1030. The summed E-state index contributed by atoms with van der Waals surface area (Å²) in [6.07, 6.45) is 2.49. The number of aromatic nitrogens is 1. The molecule has 0 radical (unpaired) electrons. The average molecular weight is 426 g/mol. The molecule has 2 heterocycles. The van der Waals surface area contributed by atoms with Crippen molar-refractivity contribution in [2.45, 2.75) is 19.8 Å². The van der Waals surface area contributed by atoms with Gasteiger partial charge >= 0.3 is 0 Å². The van der Waals surface area contributed by atoms with Crippen molar-refractivity contribution in [3.63, 3.8) is 0 Å². The lowest BCUT2D eigenvalue weighted by atomic mass is 10.0. The highest BCUT2D eigenvalue weighted by atomic mass is 35.5. The quantitative estimate of drug-likeness (QED) is 0.529. The van der Waals surface area contributed by atoms with E-state index in [4.69, 9.17) is 16.6 Å². The fourth-order valence-electron chi connectivity index (χ4n) is 3.88. The Balaban J connectivity index is 1.72. The first-order chi connectivity index (χ1) is 14.5. The Labute approximate surface area is 181 Å². The van der Waals surface area contributed by atoms with Crippen LogP contribution in [0.3, 0.4) is 0 Å². The number of hydrogen-bond donors (Lipinski definition) is 2. The smallest absolute Gasteiger partial charge is 0.132 e. The van der Waals surface area contributed by atoms with Crippen LogP contribution in [0.15, 0.2) is 48.5 Å². The summed E-state index contributed by atoms with van der Waals surface area (Å²) in [7, 11) is 0. The fourth-order valence-corrected chi connectivity index (χ4v) is 4.15. The van der Waals surface area contributed by atoms with E-state index >= 15 is 0 Å². The van der Waals surface area contributed by atoms with Gasteiger partial charge in [-0.2, -0.15) is 0 Å². The van der Waals surface area contributed by atoms with E-state index in [1.807, 2.05) is 25.1 Å². The maximum atomic E-state index is 14.6. The summed E-state index contributed by atoms with van der Waals surface area (Å²) < 4.78 is 14.6. The number of hydrogen-bond acceptors (Lipinski definition) is 4. The lowest BCUT2D eigenvalue weighted by Crippen LogP contribution is -2.26. The number of likely N-dealkylation sites (tertiary alicyclic amines) is 1. The van der Waals surface area contributed by atoms with Crippen molar-refractivity contribution < 1.29 is 9.50 Å². The second kappa shape index (κ2) is 9.02. The zero-order valence-electron chi connectivity index (χ0n) is 17.0. The maximum Gasteiger partial charge on any atom is 0.132 e. The standard InChI is InChI=1S/C24H25ClFN3O/c1-16-7-8-22(30)18(13-16)21-14-17(24-19(25)5-4-6-20(24)26)15-23(28-21)27-9-12-29-10-2-3-11-29/h4-8,13-15,30H,2-3,9-12H2,1H3,(H,27,28). The number of aromatic hydroxyl groups is 1. The second-order valence-electron chi connectivity index (χ2n) is 7.72. The fraction of sp³-hybridized carbons (Fsp3) is 0.292. The van der Waals surface area contributed by atoms with Gasteiger partial charge in [0.2, 0.25) is 0 Å².